The van der Waals surface area contributed by atoms with Crippen LogP contribution in [0.1, 0.15) is 13.8 Å². The van der Waals surface area contributed by atoms with Crippen molar-refractivity contribution in [2.24, 2.45) is 0 Å². The number of hydrogen-bond donors (Lipinski definition) is 1. The van der Waals surface area contributed by atoms with Crippen molar-refractivity contribution in [3.8, 4) is 5.88 Å². The smallest absolute Gasteiger partial charge is 0.242 e. The van der Waals surface area contributed by atoms with Crippen molar-refractivity contribution in [3.05, 3.63) is 12.3 Å². The van der Waals surface area contributed by atoms with Crippen LogP contribution in [-0.4, -0.2) is 66.7 Å². The lowest BCUT2D eigenvalue weighted by molar-refractivity contribution is -0.130. The zero-order chi connectivity index (χ0) is 15.2. The summed E-state index contributed by atoms with van der Waals surface area (Å²) in [6.45, 7) is 7.37. The number of ether oxygens (including phenoxy) is 1. The molecule has 116 valence electrons. The van der Waals surface area contributed by atoms with Gasteiger partial charge in [-0.1, -0.05) is 0 Å². The maximum Gasteiger partial charge on any atom is 0.242 e. The van der Waals surface area contributed by atoms with Crippen molar-refractivity contribution in [1.29, 1.82) is 0 Å². The van der Waals surface area contributed by atoms with E-state index in [1.807, 2.05) is 25.8 Å². The largest absolute Gasteiger partial charge is 0.475 e. The van der Waals surface area contributed by atoms with E-state index < -0.39 is 0 Å². The van der Waals surface area contributed by atoms with Gasteiger partial charge < -0.3 is 19.9 Å². The molecule has 1 aromatic heterocycles. The van der Waals surface area contributed by atoms with Crippen LogP contribution in [0.2, 0.25) is 0 Å². The van der Waals surface area contributed by atoms with Crippen LogP contribution in [0.25, 0.3) is 0 Å². The number of nitrogens with one attached hydrogen (secondary N) is 1. The van der Waals surface area contributed by atoms with E-state index in [1.54, 1.807) is 17.2 Å². The fourth-order valence-electron chi connectivity index (χ4n) is 2.11. The summed E-state index contributed by atoms with van der Waals surface area (Å²) in [5, 5.41) is 3.23. The lowest BCUT2D eigenvalue weighted by Gasteiger charge is -2.29. The molecule has 1 aliphatic heterocycles. The zero-order valence-corrected chi connectivity index (χ0v) is 12.9. The number of hydrogen-bond acceptors (Lipinski definition) is 6. The maximum absolute atomic E-state index is 12.2. The Hall–Kier alpha value is -1.89. The number of likely N-dealkylation sites (N-methyl/N-ethyl adjacent to an activating group) is 1. The van der Waals surface area contributed by atoms with Crippen molar-refractivity contribution in [2.75, 3.05) is 44.7 Å². The Labute approximate surface area is 125 Å². The van der Waals surface area contributed by atoms with E-state index in [0.717, 1.165) is 26.2 Å². The number of piperazine rings is 1. The molecule has 2 rings (SSSR count). The van der Waals surface area contributed by atoms with Crippen LogP contribution < -0.4 is 15.0 Å². The van der Waals surface area contributed by atoms with E-state index in [2.05, 4.69) is 15.3 Å². The molecule has 1 fully saturated rings. The molecule has 1 aromatic rings. The highest BCUT2D eigenvalue weighted by Gasteiger charge is 2.19. The molecule has 7 heteroatoms. The highest BCUT2D eigenvalue weighted by atomic mass is 16.5. The van der Waals surface area contributed by atoms with Gasteiger partial charge in [-0.25, -0.2) is 4.98 Å². The maximum atomic E-state index is 12.2. The van der Waals surface area contributed by atoms with E-state index in [1.165, 1.54) is 0 Å². The third kappa shape index (κ3) is 4.56. The second-order valence-corrected chi connectivity index (χ2v) is 5.35. The first-order valence-electron chi connectivity index (χ1n) is 7.25. The van der Waals surface area contributed by atoms with Crippen LogP contribution in [0.4, 0.5) is 5.95 Å². The molecule has 0 aromatic carbocycles. The van der Waals surface area contributed by atoms with Crippen LogP contribution in [-0.2, 0) is 4.79 Å². The van der Waals surface area contributed by atoms with E-state index in [0.29, 0.717) is 11.8 Å². The first-order valence-corrected chi connectivity index (χ1v) is 7.25. The van der Waals surface area contributed by atoms with Gasteiger partial charge in [-0.3, -0.25) is 4.79 Å². The van der Waals surface area contributed by atoms with Crippen molar-refractivity contribution < 1.29 is 9.53 Å². The summed E-state index contributed by atoms with van der Waals surface area (Å²) in [5.74, 6) is 1.12. The number of nitrogens with zero attached hydrogens (tertiary/aromatic N) is 4. The highest BCUT2D eigenvalue weighted by Crippen LogP contribution is 2.13. The highest BCUT2D eigenvalue weighted by molar-refractivity contribution is 5.80. The molecule has 0 aliphatic carbocycles. The number of carbonyl (C=O) groups is 1. The van der Waals surface area contributed by atoms with E-state index >= 15 is 0 Å². The van der Waals surface area contributed by atoms with Crippen molar-refractivity contribution in [1.82, 2.24) is 20.2 Å². The SMILES string of the molecule is CC(C)Oc1ccnc(N(C)CC(=O)N2CCNCC2)n1. The third-order valence-corrected chi connectivity index (χ3v) is 3.16. The van der Waals surface area contributed by atoms with E-state index in [4.69, 9.17) is 4.74 Å². The van der Waals surface area contributed by atoms with Crippen molar-refractivity contribution >= 4 is 11.9 Å². The first-order chi connectivity index (χ1) is 10.1. The summed E-state index contributed by atoms with van der Waals surface area (Å²) in [7, 11) is 1.81. The molecular weight excluding hydrogens is 270 g/mol. The molecule has 0 unspecified atom stereocenters. The van der Waals surface area contributed by atoms with Gasteiger partial charge in [0.15, 0.2) is 0 Å². The van der Waals surface area contributed by atoms with Crippen LogP contribution in [0.3, 0.4) is 0 Å². The Balaban J connectivity index is 1.95. The number of rotatable bonds is 5. The second-order valence-electron chi connectivity index (χ2n) is 5.35. The van der Waals surface area contributed by atoms with Gasteiger partial charge in [-0.15, -0.1) is 0 Å². The Morgan fingerprint density at radius 2 is 2.19 bits per heavy atom. The Bertz CT molecular complexity index is 474. The minimum Gasteiger partial charge on any atom is -0.475 e. The molecule has 0 radical (unpaired) electrons. The van der Waals surface area contributed by atoms with Crippen molar-refractivity contribution in [3.63, 3.8) is 0 Å². The molecule has 0 bridgehead atoms. The van der Waals surface area contributed by atoms with E-state index in [-0.39, 0.29) is 18.6 Å². The monoisotopic (exact) mass is 293 g/mol. The average Bonchev–Trinajstić information content (AvgIpc) is 2.47. The molecule has 1 amide bonds. The molecule has 1 saturated heterocycles. The Morgan fingerprint density at radius 3 is 2.86 bits per heavy atom. The Kier molecular flexibility index (Phi) is 5.32. The van der Waals surface area contributed by atoms with E-state index in [9.17, 15) is 4.79 Å². The minimum atomic E-state index is 0.0561. The van der Waals surface area contributed by atoms with Crippen molar-refractivity contribution in [2.45, 2.75) is 20.0 Å². The number of anilines is 1. The summed E-state index contributed by atoms with van der Waals surface area (Å²) >= 11 is 0. The fraction of sp³-hybridized carbons (Fsp3) is 0.643. The molecule has 21 heavy (non-hydrogen) atoms. The fourth-order valence-corrected chi connectivity index (χ4v) is 2.11. The molecule has 0 saturated carbocycles. The van der Waals surface area contributed by atoms with Crippen LogP contribution >= 0.6 is 0 Å². The van der Waals surface area contributed by atoms with Gasteiger partial charge >= 0.3 is 0 Å². The molecule has 0 spiro atoms. The predicted molar refractivity (Wildman–Crippen MR) is 80.5 cm³/mol. The lowest BCUT2D eigenvalue weighted by atomic mass is 10.3. The summed E-state index contributed by atoms with van der Waals surface area (Å²) < 4.78 is 5.54. The number of carbonyl (C=O) groups excluding carboxylic acids is 1. The molecule has 0 atom stereocenters. The molecular formula is C14H23N5O2. The zero-order valence-electron chi connectivity index (χ0n) is 12.9. The lowest BCUT2D eigenvalue weighted by Crippen LogP contribution is -2.49. The number of aromatic nitrogens is 2. The van der Waals surface area contributed by atoms with Crippen LogP contribution in [0, 0.1) is 0 Å². The normalized spacial score (nSPS) is 15.1. The van der Waals surface area contributed by atoms with Gasteiger partial charge in [-0.2, -0.15) is 4.98 Å². The predicted octanol–water partition coefficient (Wildman–Crippen LogP) is 0.132. The van der Waals surface area contributed by atoms with Gasteiger partial charge in [0.05, 0.1) is 12.6 Å². The topological polar surface area (TPSA) is 70.6 Å². The molecule has 7 nitrogen and oxygen atoms in total. The molecule has 1 aliphatic rings. The van der Waals surface area contributed by atoms with Gasteiger partial charge in [0.25, 0.3) is 0 Å². The summed E-state index contributed by atoms with van der Waals surface area (Å²) in [5.41, 5.74) is 0. The average molecular weight is 293 g/mol. The summed E-state index contributed by atoms with van der Waals surface area (Å²) in [4.78, 5) is 24.3. The van der Waals surface area contributed by atoms with Gasteiger partial charge in [0, 0.05) is 45.5 Å². The summed E-state index contributed by atoms with van der Waals surface area (Å²) in [6.07, 6.45) is 1.70. The quantitative estimate of drug-likeness (QED) is 0.832. The summed E-state index contributed by atoms with van der Waals surface area (Å²) in [6, 6.07) is 1.72. The van der Waals surface area contributed by atoms with Gasteiger partial charge in [0.2, 0.25) is 17.7 Å². The first kappa shape index (κ1) is 15.5. The second kappa shape index (κ2) is 7.21. The molecule has 1 N–H and O–H groups in total. The Morgan fingerprint density at radius 1 is 1.48 bits per heavy atom. The van der Waals surface area contributed by atoms with Crippen LogP contribution in [0.15, 0.2) is 12.3 Å². The minimum absolute atomic E-state index is 0.0561. The third-order valence-electron chi connectivity index (χ3n) is 3.16. The molecule has 2 heterocycles. The van der Waals surface area contributed by atoms with Crippen LogP contribution in [0.5, 0.6) is 5.88 Å². The number of amides is 1. The van der Waals surface area contributed by atoms with Gasteiger partial charge in [-0.05, 0) is 13.8 Å². The standard InChI is InChI=1S/C14H23N5O2/c1-11(2)21-12-4-5-16-14(17-12)18(3)10-13(20)19-8-6-15-7-9-19/h4-5,11,15H,6-10H2,1-3H3. The van der Waals surface area contributed by atoms with Gasteiger partial charge in [0.1, 0.15) is 0 Å².